The number of halogens is 1. The first-order chi connectivity index (χ1) is 13.1. The molecule has 0 saturated carbocycles. The SMILES string of the molecule is NC(=O)c1cc(-c2ccc(Cl)cc2)cc(Sc2ccc(S(N)(=O)=O)cc2)c1N. The molecule has 9 heteroatoms. The monoisotopic (exact) mass is 433 g/mol. The first-order valence-electron chi connectivity index (χ1n) is 7.95. The summed E-state index contributed by atoms with van der Waals surface area (Å²) in [4.78, 5) is 13.2. The van der Waals surface area contributed by atoms with Crippen molar-refractivity contribution in [3.05, 3.63) is 71.2 Å². The maximum absolute atomic E-state index is 11.9. The van der Waals surface area contributed by atoms with E-state index in [0.29, 0.717) is 9.92 Å². The average molecular weight is 434 g/mol. The van der Waals surface area contributed by atoms with Crippen molar-refractivity contribution < 1.29 is 13.2 Å². The van der Waals surface area contributed by atoms with Gasteiger partial charge in [-0.25, -0.2) is 13.6 Å². The molecule has 0 unspecified atom stereocenters. The maximum atomic E-state index is 11.9. The van der Waals surface area contributed by atoms with Crippen LogP contribution in [-0.2, 0) is 10.0 Å². The van der Waals surface area contributed by atoms with Gasteiger partial charge < -0.3 is 11.5 Å². The van der Waals surface area contributed by atoms with Crippen LogP contribution in [0.2, 0.25) is 5.02 Å². The van der Waals surface area contributed by atoms with E-state index < -0.39 is 15.9 Å². The van der Waals surface area contributed by atoms with Crippen molar-refractivity contribution in [2.45, 2.75) is 14.7 Å². The molecule has 1 amide bonds. The maximum Gasteiger partial charge on any atom is 0.250 e. The molecule has 3 aromatic rings. The minimum atomic E-state index is -3.77. The Morgan fingerprint density at radius 2 is 1.54 bits per heavy atom. The molecule has 0 heterocycles. The summed E-state index contributed by atoms with van der Waals surface area (Å²) in [5.74, 6) is -0.639. The molecule has 144 valence electrons. The Hall–Kier alpha value is -2.52. The molecular formula is C19H16ClN3O3S2. The third-order valence-corrected chi connectivity index (χ3v) is 6.21. The van der Waals surface area contributed by atoms with Crippen LogP contribution in [0.5, 0.6) is 0 Å². The van der Waals surface area contributed by atoms with Gasteiger partial charge in [0.2, 0.25) is 10.0 Å². The van der Waals surface area contributed by atoms with Gasteiger partial charge in [0.15, 0.2) is 0 Å². The van der Waals surface area contributed by atoms with Crippen LogP contribution < -0.4 is 16.6 Å². The van der Waals surface area contributed by atoms with E-state index in [1.54, 1.807) is 30.3 Å². The second-order valence-electron chi connectivity index (χ2n) is 5.93. The van der Waals surface area contributed by atoms with Gasteiger partial charge in [-0.3, -0.25) is 4.79 Å². The lowest BCUT2D eigenvalue weighted by molar-refractivity contribution is 0.100. The number of nitrogens with two attached hydrogens (primary N) is 3. The molecule has 0 atom stereocenters. The predicted molar refractivity (Wildman–Crippen MR) is 112 cm³/mol. The fraction of sp³-hybridized carbons (Fsp3) is 0. The number of sulfonamides is 1. The number of nitrogen functional groups attached to an aromatic ring is 1. The van der Waals surface area contributed by atoms with Crippen LogP contribution >= 0.6 is 23.4 Å². The molecule has 6 nitrogen and oxygen atoms in total. The van der Waals surface area contributed by atoms with Crippen LogP contribution in [-0.4, -0.2) is 14.3 Å². The molecule has 6 N–H and O–H groups in total. The third-order valence-electron chi connectivity index (χ3n) is 3.97. The van der Waals surface area contributed by atoms with Crippen LogP contribution in [0.3, 0.4) is 0 Å². The number of carbonyl (C=O) groups excluding carboxylic acids is 1. The highest BCUT2D eigenvalue weighted by atomic mass is 35.5. The van der Waals surface area contributed by atoms with E-state index in [2.05, 4.69) is 0 Å². The number of hydrogen-bond donors (Lipinski definition) is 3. The number of primary sulfonamides is 1. The number of carbonyl (C=O) groups is 1. The van der Waals surface area contributed by atoms with Gasteiger partial charge in [-0.15, -0.1) is 0 Å². The lowest BCUT2D eigenvalue weighted by Crippen LogP contribution is -2.14. The molecule has 0 aliphatic rings. The topological polar surface area (TPSA) is 129 Å². The van der Waals surface area contributed by atoms with Gasteiger partial charge in [-0.2, -0.15) is 0 Å². The van der Waals surface area contributed by atoms with Crippen molar-refractivity contribution in [2.75, 3.05) is 5.73 Å². The van der Waals surface area contributed by atoms with E-state index in [0.717, 1.165) is 16.0 Å². The van der Waals surface area contributed by atoms with Gasteiger partial charge >= 0.3 is 0 Å². The van der Waals surface area contributed by atoms with Gasteiger partial charge in [0, 0.05) is 14.8 Å². The van der Waals surface area contributed by atoms with E-state index in [-0.39, 0.29) is 16.1 Å². The highest BCUT2D eigenvalue weighted by Gasteiger charge is 2.15. The normalized spacial score (nSPS) is 11.4. The molecule has 3 rings (SSSR count). The van der Waals surface area contributed by atoms with E-state index >= 15 is 0 Å². The summed E-state index contributed by atoms with van der Waals surface area (Å²) >= 11 is 7.22. The lowest BCUT2D eigenvalue weighted by atomic mass is 10.0. The Kier molecular flexibility index (Phi) is 5.66. The van der Waals surface area contributed by atoms with Crippen molar-refractivity contribution in [3.63, 3.8) is 0 Å². The fourth-order valence-corrected chi connectivity index (χ4v) is 4.12. The first kappa shape index (κ1) is 20.2. The summed E-state index contributed by atoms with van der Waals surface area (Å²) < 4.78 is 22.8. The molecule has 0 aromatic heterocycles. The Morgan fingerprint density at radius 1 is 0.929 bits per heavy atom. The zero-order valence-corrected chi connectivity index (χ0v) is 16.8. The highest BCUT2D eigenvalue weighted by Crippen LogP contribution is 2.38. The van der Waals surface area contributed by atoms with Crippen molar-refractivity contribution in [1.29, 1.82) is 0 Å². The minimum Gasteiger partial charge on any atom is -0.397 e. The fourth-order valence-electron chi connectivity index (χ4n) is 2.55. The van der Waals surface area contributed by atoms with E-state index in [4.69, 9.17) is 28.2 Å². The number of primary amides is 1. The number of benzene rings is 3. The van der Waals surface area contributed by atoms with Crippen LogP contribution in [0.15, 0.2) is 75.4 Å². The first-order valence-corrected chi connectivity index (χ1v) is 10.7. The third kappa shape index (κ3) is 4.48. The number of anilines is 1. The molecule has 0 saturated heterocycles. The second kappa shape index (κ2) is 7.84. The molecule has 0 fully saturated rings. The largest absolute Gasteiger partial charge is 0.397 e. The number of rotatable bonds is 5. The Labute approximate surface area is 171 Å². The average Bonchev–Trinajstić information content (AvgIpc) is 2.63. The van der Waals surface area contributed by atoms with Crippen LogP contribution in [0.25, 0.3) is 11.1 Å². The highest BCUT2D eigenvalue weighted by molar-refractivity contribution is 7.99. The second-order valence-corrected chi connectivity index (χ2v) is 9.04. The zero-order valence-electron chi connectivity index (χ0n) is 14.4. The van der Waals surface area contributed by atoms with Crippen LogP contribution in [0.1, 0.15) is 10.4 Å². The van der Waals surface area contributed by atoms with E-state index in [9.17, 15) is 13.2 Å². The van der Waals surface area contributed by atoms with Crippen molar-refractivity contribution >= 4 is 45.0 Å². The molecule has 28 heavy (non-hydrogen) atoms. The van der Waals surface area contributed by atoms with E-state index in [1.165, 1.54) is 23.9 Å². The standard InChI is InChI=1S/C19H16ClN3O3S2/c20-13-3-1-11(2-4-13)12-9-16(19(22)24)18(21)17(10-12)27-14-5-7-15(8-6-14)28(23,25)26/h1-10H,21H2,(H2,22,24)(H2,23,25,26). The molecule has 0 spiro atoms. The van der Waals surface area contributed by atoms with Crippen LogP contribution in [0.4, 0.5) is 5.69 Å². The van der Waals surface area contributed by atoms with Gasteiger partial charge in [-0.05, 0) is 59.7 Å². The minimum absolute atomic E-state index is 0.0116. The van der Waals surface area contributed by atoms with Gasteiger partial charge in [0.05, 0.1) is 16.1 Å². The Balaban J connectivity index is 2.04. The Bertz CT molecular complexity index is 1150. The summed E-state index contributed by atoms with van der Waals surface area (Å²) in [5.41, 5.74) is 13.7. The van der Waals surface area contributed by atoms with Gasteiger partial charge in [0.25, 0.3) is 5.91 Å². The smallest absolute Gasteiger partial charge is 0.250 e. The Morgan fingerprint density at radius 3 is 2.07 bits per heavy atom. The summed E-state index contributed by atoms with van der Waals surface area (Å²) in [6.45, 7) is 0. The summed E-state index contributed by atoms with van der Waals surface area (Å²) in [6, 6.07) is 16.7. The molecular weight excluding hydrogens is 418 g/mol. The summed E-state index contributed by atoms with van der Waals surface area (Å²) in [6.07, 6.45) is 0. The number of amides is 1. The molecule has 0 bridgehead atoms. The zero-order chi connectivity index (χ0) is 20.5. The molecule has 0 aliphatic carbocycles. The van der Waals surface area contributed by atoms with Crippen molar-refractivity contribution in [3.8, 4) is 11.1 Å². The van der Waals surface area contributed by atoms with Gasteiger partial charge in [-0.1, -0.05) is 35.5 Å². The van der Waals surface area contributed by atoms with Gasteiger partial charge in [0.1, 0.15) is 0 Å². The molecule has 0 aliphatic heterocycles. The number of hydrogen-bond acceptors (Lipinski definition) is 5. The predicted octanol–water partition coefficient (Wildman–Crippen LogP) is 3.49. The summed E-state index contributed by atoms with van der Waals surface area (Å²) in [5, 5.41) is 5.71. The summed E-state index contributed by atoms with van der Waals surface area (Å²) in [7, 11) is -3.77. The van der Waals surface area contributed by atoms with Crippen molar-refractivity contribution in [1.82, 2.24) is 0 Å². The molecule has 3 aromatic carbocycles. The molecule has 0 radical (unpaired) electrons. The lowest BCUT2D eigenvalue weighted by Gasteiger charge is -2.13. The quantitative estimate of drug-likeness (QED) is 0.530. The van der Waals surface area contributed by atoms with Crippen molar-refractivity contribution in [2.24, 2.45) is 10.9 Å². The van der Waals surface area contributed by atoms with Crippen LogP contribution in [0, 0.1) is 0 Å². The van der Waals surface area contributed by atoms with E-state index in [1.807, 2.05) is 18.2 Å².